The molecule has 2 aromatic carbocycles. The molecule has 1 aliphatic heterocycles. The number of unbranched alkanes of at least 4 members (excludes halogenated alkanes) is 8. The molecule has 0 saturated carbocycles. The topological polar surface area (TPSA) is 263 Å². The summed E-state index contributed by atoms with van der Waals surface area (Å²) in [6.45, 7) is 1.64. The predicted molar refractivity (Wildman–Crippen MR) is 242 cm³/mol. The molecule has 0 radical (unpaired) electrons. The van der Waals surface area contributed by atoms with E-state index in [4.69, 9.17) is 10.8 Å². The van der Waals surface area contributed by atoms with Gasteiger partial charge in [-0.2, -0.15) is 0 Å². The van der Waals surface area contributed by atoms with Crippen molar-refractivity contribution >= 4 is 69.5 Å². The highest BCUT2D eigenvalue weighted by Crippen LogP contribution is 2.35. The molecular formula is C47H68N6O11. The Labute approximate surface area is 375 Å². The zero-order valence-corrected chi connectivity index (χ0v) is 37.7. The number of nitrogens with zero attached hydrogens (tertiary/aromatic N) is 2. The molecule has 7 N–H and O–H groups in total. The Bertz CT molecular complexity index is 1950. The number of anilines is 1. The van der Waals surface area contributed by atoms with Gasteiger partial charge in [-0.1, -0.05) is 50.7 Å². The fraction of sp³-hybridized carbons (Fsp3) is 0.596. The van der Waals surface area contributed by atoms with Crippen LogP contribution in [0, 0.1) is 5.92 Å². The minimum atomic E-state index is -1.38. The molecule has 17 nitrogen and oxygen atoms in total. The number of ketones is 2. The molecule has 3 atom stereocenters. The molecule has 2 aromatic rings. The maximum Gasteiger partial charge on any atom is 0.326 e. The first kappa shape index (κ1) is 52.6. The van der Waals surface area contributed by atoms with Crippen LogP contribution in [0.3, 0.4) is 0 Å². The van der Waals surface area contributed by atoms with Crippen LogP contribution in [-0.2, 0) is 33.6 Å². The second kappa shape index (κ2) is 27.5. The molecule has 352 valence electrons. The average molecular weight is 893 g/mol. The molecule has 64 heavy (non-hydrogen) atoms. The molecule has 3 rings (SSSR count). The fourth-order valence-corrected chi connectivity index (χ4v) is 7.82. The van der Waals surface area contributed by atoms with Gasteiger partial charge < -0.3 is 41.6 Å². The van der Waals surface area contributed by atoms with Gasteiger partial charge >= 0.3 is 11.9 Å². The lowest BCUT2D eigenvalue weighted by Crippen LogP contribution is -2.45. The van der Waals surface area contributed by atoms with E-state index in [-0.39, 0.29) is 63.3 Å². The molecule has 0 bridgehead atoms. The summed E-state index contributed by atoms with van der Waals surface area (Å²) in [6.07, 6.45) is 9.67. The number of carbonyl (C=O) groups excluding carboxylic acids is 7. The molecule has 0 aromatic heterocycles. The Balaban J connectivity index is 1.55. The van der Waals surface area contributed by atoms with Crippen LogP contribution in [0.5, 0.6) is 0 Å². The van der Waals surface area contributed by atoms with Crippen LogP contribution in [0.25, 0.3) is 10.8 Å². The Morgan fingerprint density at radius 1 is 0.688 bits per heavy atom. The van der Waals surface area contributed by atoms with Gasteiger partial charge in [0.05, 0.1) is 6.04 Å². The van der Waals surface area contributed by atoms with Crippen molar-refractivity contribution in [3.05, 3.63) is 41.5 Å². The van der Waals surface area contributed by atoms with E-state index in [1.54, 1.807) is 31.2 Å². The van der Waals surface area contributed by atoms with Crippen LogP contribution in [0.1, 0.15) is 150 Å². The molecule has 0 aliphatic carbocycles. The van der Waals surface area contributed by atoms with E-state index in [1.807, 2.05) is 25.1 Å². The summed E-state index contributed by atoms with van der Waals surface area (Å²) in [5.74, 6) is -6.08. The van der Waals surface area contributed by atoms with Crippen molar-refractivity contribution in [2.45, 2.75) is 141 Å². The Hall–Kier alpha value is -5.71. The summed E-state index contributed by atoms with van der Waals surface area (Å²) in [4.78, 5) is 116. The summed E-state index contributed by atoms with van der Waals surface area (Å²) in [6, 6.07) is 6.37. The van der Waals surface area contributed by atoms with Gasteiger partial charge in [0.2, 0.25) is 17.7 Å². The van der Waals surface area contributed by atoms with Crippen molar-refractivity contribution in [2.75, 3.05) is 38.6 Å². The first-order valence-electron chi connectivity index (χ1n) is 22.7. The number of nitrogens with one attached hydrogen (secondary N) is 3. The summed E-state index contributed by atoms with van der Waals surface area (Å²) in [5, 5.41) is 27.7. The van der Waals surface area contributed by atoms with Crippen molar-refractivity contribution in [3.8, 4) is 0 Å². The third kappa shape index (κ3) is 17.5. The number of carbonyl (C=O) groups is 9. The fourth-order valence-electron chi connectivity index (χ4n) is 7.82. The van der Waals surface area contributed by atoms with Crippen LogP contribution in [-0.4, -0.2) is 114 Å². The van der Waals surface area contributed by atoms with Crippen LogP contribution in [0.4, 0.5) is 5.69 Å². The highest BCUT2D eigenvalue weighted by Gasteiger charge is 2.35. The molecule has 0 saturated heterocycles. The monoisotopic (exact) mass is 892 g/mol. The Morgan fingerprint density at radius 3 is 1.94 bits per heavy atom. The molecule has 0 spiro atoms. The number of aliphatic carboxylic acids is 2. The Morgan fingerprint density at radius 2 is 1.31 bits per heavy atom. The van der Waals surface area contributed by atoms with E-state index in [2.05, 4.69) is 16.0 Å². The lowest BCUT2D eigenvalue weighted by Gasteiger charge is -2.29. The number of imide groups is 1. The van der Waals surface area contributed by atoms with Gasteiger partial charge in [0.15, 0.2) is 0 Å². The number of nitrogens with two attached hydrogens (primary N) is 1. The van der Waals surface area contributed by atoms with E-state index in [0.717, 1.165) is 67.3 Å². The van der Waals surface area contributed by atoms with Gasteiger partial charge in [-0.15, -0.1) is 0 Å². The lowest BCUT2D eigenvalue weighted by molar-refractivity contribution is -0.142. The summed E-state index contributed by atoms with van der Waals surface area (Å²) in [7, 11) is 3.72. The largest absolute Gasteiger partial charge is 0.481 e. The number of carboxylic acid groups (broad SMARTS) is 2. The van der Waals surface area contributed by atoms with E-state index in [9.17, 15) is 48.3 Å². The Kier molecular flexibility index (Phi) is 22.6. The molecular weight excluding hydrogens is 825 g/mol. The SMILES string of the molecule is CC(=O)CCCCCCCCCCC(=O)NCCCC[C@H](N)C(=O)C[C@H](CCN1C(=O)c2cccc3c(N(C)C)ccc(c23)C1=O)C(=O)NCC[C@@H](NC(=O)CCCC(=O)O)C(=O)O. The number of amides is 5. The molecule has 1 aliphatic rings. The quantitative estimate of drug-likeness (QED) is 0.0412. The van der Waals surface area contributed by atoms with Crippen molar-refractivity contribution in [3.63, 3.8) is 0 Å². The van der Waals surface area contributed by atoms with Crippen molar-refractivity contribution in [1.29, 1.82) is 0 Å². The van der Waals surface area contributed by atoms with Crippen molar-refractivity contribution < 1.29 is 53.4 Å². The zero-order valence-electron chi connectivity index (χ0n) is 37.7. The lowest BCUT2D eigenvalue weighted by atomic mass is 9.90. The third-order valence-corrected chi connectivity index (χ3v) is 11.5. The van der Waals surface area contributed by atoms with Crippen LogP contribution < -0.4 is 26.6 Å². The number of benzene rings is 2. The van der Waals surface area contributed by atoms with Crippen LogP contribution >= 0.6 is 0 Å². The second-order valence-electron chi connectivity index (χ2n) is 16.9. The second-order valence-corrected chi connectivity index (χ2v) is 16.9. The molecule has 0 unspecified atom stereocenters. The normalized spacial score (nSPS) is 13.5. The van der Waals surface area contributed by atoms with Crippen LogP contribution in [0.15, 0.2) is 30.3 Å². The minimum absolute atomic E-state index is 0.0199. The molecule has 0 fully saturated rings. The molecule has 17 heteroatoms. The standard InChI is InChI=1S/C47H68N6O11/c1-31(54)16-10-8-6-4-5-7-9-11-20-40(56)49-27-13-12-19-36(48)39(55)30-32(44(60)50-28-25-37(47(63)64)51-41(57)21-15-22-42(58)59)26-29-53-45(61)34-18-14-17-33-38(52(2)3)24-23-35(43(33)34)46(53)62/h14,17-18,23-24,32,36-37H,4-13,15-16,19-22,25-30,48H2,1-3H3,(H,49,56)(H,50,60)(H,51,57)(H,58,59)(H,63,64)/t32-,36-,37+/m0/s1. The van der Waals surface area contributed by atoms with Gasteiger partial charge in [-0.25, -0.2) is 4.79 Å². The van der Waals surface area contributed by atoms with E-state index in [0.29, 0.717) is 55.2 Å². The van der Waals surface area contributed by atoms with E-state index in [1.165, 1.54) is 0 Å². The molecule has 5 amide bonds. The number of Topliss-reactive ketones (excluding diaryl/α,β-unsaturated/α-hetero) is 2. The van der Waals surface area contributed by atoms with Crippen LogP contribution in [0.2, 0.25) is 0 Å². The first-order valence-corrected chi connectivity index (χ1v) is 22.7. The third-order valence-electron chi connectivity index (χ3n) is 11.5. The zero-order chi connectivity index (χ0) is 47.2. The average Bonchev–Trinajstić information content (AvgIpc) is 3.24. The molecule has 1 heterocycles. The van der Waals surface area contributed by atoms with Crippen molar-refractivity contribution in [1.82, 2.24) is 20.9 Å². The smallest absolute Gasteiger partial charge is 0.326 e. The maximum absolute atomic E-state index is 13.8. The predicted octanol–water partition coefficient (Wildman–Crippen LogP) is 4.90. The van der Waals surface area contributed by atoms with Gasteiger partial charge in [0.25, 0.3) is 11.8 Å². The first-order chi connectivity index (χ1) is 30.5. The van der Waals surface area contributed by atoms with E-state index < -0.39 is 59.4 Å². The minimum Gasteiger partial charge on any atom is -0.481 e. The highest BCUT2D eigenvalue weighted by molar-refractivity contribution is 6.26. The highest BCUT2D eigenvalue weighted by atomic mass is 16.4. The van der Waals surface area contributed by atoms with Gasteiger partial charge in [0.1, 0.15) is 17.6 Å². The summed E-state index contributed by atoms with van der Waals surface area (Å²) < 4.78 is 0. The summed E-state index contributed by atoms with van der Waals surface area (Å²) >= 11 is 0. The van der Waals surface area contributed by atoms with Gasteiger partial charge in [-0.3, -0.25) is 38.5 Å². The number of hydrogen-bond donors (Lipinski definition) is 6. The number of hydrogen-bond acceptors (Lipinski definition) is 11. The summed E-state index contributed by atoms with van der Waals surface area (Å²) in [5.41, 5.74) is 7.79. The van der Waals surface area contributed by atoms with Gasteiger partial charge in [-0.05, 0) is 76.5 Å². The van der Waals surface area contributed by atoms with E-state index >= 15 is 0 Å². The van der Waals surface area contributed by atoms with Gasteiger partial charge in [0, 0.05) is 99.3 Å². The maximum atomic E-state index is 13.8. The number of carboxylic acids is 2. The van der Waals surface area contributed by atoms with Crippen molar-refractivity contribution in [2.24, 2.45) is 11.7 Å². The number of rotatable bonds is 33.